The van der Waals surface area contributed by atoms with Crippen LogP contribution in [0.2, 0.25) is 0 Å². The van der Waals surface area contributed by atoms with Crippen molar-refractivity contribution < 1.29 is 9.90 Å². The Morgan fingerprint density at radius 1 is 1.22 bits per heavy atom. The summed E-state index contributed by atoms with van der Waals surface area (Å²) in [7, 11) is 3.56. The molecule has 0 bridgehead atoms. The molecule has 1 rings (SSSR count). The fourth-order valence-electron chi connectivity index (χ4n) is 2.47. The van der Waals surface area contributed by atoms with E-state index in [9.17, 15) is 9.90 Å². The van der Waals surface area contributed by atoms with Gasteiger partial charge in [-0.15, -0.1) is 0 Å². The van der Waals surface area contributed by atoms with E-state index >= 15 is 0 Å². The third kappa shape index (κ3) is 5.83. The first-order chi connectivity index (χ1) is 8.53. The molecule has 2 N–H and O–H groups in total. The van der Waals surface area contributed by atoms with E-state index in [0.29, 0.717) is 13.0 Å². The highest BCUT2D eigenvalue weighted by molar-refractivity contribution is 5.75. The van der Waals surface area contributed by atoms with Gasteiger partial charge in [0.15, 0.2) is 0 Å². The lowest BCUT2D eigenvalue weighted by atomic mass is 9.94. The first kappa shape index (κ1) is 15.4. The van der Waals surface area contributed by atoms with Crippen molar-refractivity contribution >= 4 is 5.91 Å². The minimum Gasteiger partial charge on any atom is -0.389 e. The number of rotatable bonds is 6. The van der Waals surface area contributed by atoms with Crippen LogP contribution in [0.15, 0.2) is 0 Å². The molecule has 1 aliphatic carbocycles. The smallest absolute Gasteiger partial charge is 0.222 e. The van der Waals surface area contributed by atoms with Gasteiger partial charge in [-0.3, -0.25) is 4.79 Å². The lowest BCUT2D eigenvalue weighted by molar-refractivity contribution is -0.128. The topological polar surface area (TPSA) is 52.6 Å². The lowest BCUT2D eigenvalue weighted by Crippen LogP contribution is -2.40. The third-order valence-electron chi connectivity index (χ3n) is 3.73. The first-order valence-electron chi connectivity index (χ1n) is 7.17. The zero-order valence-corrected chi connectivity index (χ0v) is 11.9. The molecule has 1 saturated carbocycles. The van der Waals surface area contributed by atoms with Crippen LogP contribution in [0.4, 0.5) is 0 Å². The largest absolute Gasteiger partial charge is 0.389 e. The van der Waals surface area contributed by atoms with Gasteiger partial charge in [0.05, 0.1) is 5.60 Å². The Hall–Kier alpha value is -0.610. The summed E-state index contributed by atoms with van der Waals surface area (Å²) in [5, 5.41) is 13.7. The van der Waals surface area contributed by atoms with Gasteiger partial charge in [-0.05, 0) is 25.8 Å². The van der Waals surface area contributed by atoms with Crippen LogP contribution in [-0.4, -0.2) is 48.7 Å². The van der Waals surface area contributed by atoms with Gasteiger partial charge in [0.2, 0.25) is 5.91 Å². The van der Waals surface area contributed by atoms with E-state index in [1.165, 1.54) is 12.8 Å². The number of nitrogens with one attached hydrogen (secondary N) is 1. The maximum absolute atomic E-state index is 11.4. The minimum absolute atomic E-state index is 0.171. The number of carbonyl (C=O) groups excluding carboxylic acids is 1. The molecule has 0 aromatic rings. The summed E-state index contributed by atoms with van der Waals surface area (Å²) in [6, 6.07) is 0. The Morgan fingerprint density at radius 2 is 1.83 bits per heavy atom. The molecule has 0 radical (unpaired) electrons. The van der Waals surface area contributed by atoms with Gasteiger partial charge in [0, 0.05) is 27.1 Å². The highest BCUT2D eigenvalue weighted by atomic mass is 16.3. The molecule has 18 heavy (non-hydrogen) atoms. The number of carbonyl (C=O) groups is 1. The van der Waals surface area contributed by atoms with E-state index in [-0.39, 0.29) is 5.91 Å². The van der Waals surface area contributed by atoms with E-state index in [4.69, 9.17) is 0 Å². The van der Waals surface area contributed by atoms with E-state index in [1.54, 1.807) is 19.0 Å². The Kier molecular flexibility index (Phi) is 6.65. The number of hydrogen-bond donors (Lipinski definition) is 2. The second kappa shape index (κ2) is 7.74. The molecule has 1 fully saturated rings. The predicted octanol–water partition coefficient (Wildman–Crippen LogP) is 1.53. The molecule has 4 nitrogen and oxygen atoms in total. The Bertz CT molecular complexity index is 246. The van der Waals surface area contributed by atoms with Gasteiger partial charge in [0.1, 0.15) is 0 Å². The monoisotopic (exact) mass is 256 g/mol. The van der Waals surface area contributed by atoms with Crippen molar-refractivity contribution in [3.05, 3.63) is 0 Å². The van der Waals surface area contributed by atoms with E-state index in [2.05, 4.69) is 5.32 Å². The summed E-state index contributed by atoms with van der Waals surface area (Å²) in [4.78, 5) is 13.0. The summed E-state index contributed by atoms with van der Waals surface area (Å²) in [6.45, 7) is 1.48. The molecule has 0 aromatic heterocycles. The molecular weight excluding hydrogens is 228 g/mol. The maximum atomic E-state index is 11.4. The van der Waals surface area contributed by atoms with Gasteiger partial charge in [0.25, 0.3) is 0 Å². The average Bonchev–Trinajstić information content (AvgIpc) is 2.53. The molecule has 1 amide bonds. The SMILES string of the molecule is CN(C)C(=O)CCCNCC1(O)CCCCCC1. The molecule has 106 valence electrons. The molecule has 0 saturated heterocycles. The van der Waals surface area contributed by atoms with Crippen molar-refractivity contribution in [1.29, 1.82) is 0 Å². The Morgan fingerprint density at radius 3 is 2.39 bits per heavy atom. The summed E-state index contributed by atoms with van der Waals surface area (Å²) in [5.74, 6) is 0.171. The number of nitrogens with zero attached hydrogens (tertiary/aromatic N) is 1. The van der Waals surface area contributed by atoms with E-state index in [1.807, 2.05) is 0 Å². The average molecular weight is 256 g/mol. The highest BCUT2D eigenvalue weighted by Gasteiger charge is 2.27. The maximum Gasteiger partial charge on any atom is 0.222 e. The van der Waals surface area contributed by atoms with Crippen molar-refractivity contribution in [2.24, 2.45) is 0 Å². The lowest BCUT2D eigenvalue weighted by Gasteiger charge is -2.27. The van der Waals surface area contributed by atoms with Crippen LogP contribution >= 0.6 is 0 Å². The Balaban J connectivity index is 2.11. The number of hydrogen-bond acceptors (Lipinski definition) is 3. The molecule has 0 heterocycles. The molecule has 0 unspecified atom stereocenters. The van der Waals surface area contributed by atoms with Crippen LogP contribution in [0.25, 0.3) is 0 Å². The van der Waals surface area contributed by atoms with Crippen LogP contribution in [0, 0.1) is 0 Å². The van der Waals surface area contributed by atoms with Crippen molar-refractivity contribution in [3.8, 4) is 0 Å². The zero-order chi connectivity index (χ0) is 13.4. The predicted molar refractivity (Wildman–Crippen MR) is 73.4 cm³/mol. The standard InChI is InChI=1S/C14H28N2O2/c1-16(2)13(17)8-7-11-15-12-14(18)9-5-3-4-6-10-14/h15,18H,3-12H2,1-2H3. The first-order valence-corrected chi connectivity index (χ1v) is 7.17. The molecule has 0 spiro atoms. The Labute approximate surface area is 111 Å². The van der Waals surface area contributed by atoms with Gasteiger partial charge in [-0.2, -0.15) is 0 Å². The fourth-order valence-corrected chi connectivity index (χ4v) is 2.47. The van der Waals surface area contributed by atoms with Crippen LogP contribution in [0.3, 0.4) is 0 Å². The van der Waals surface area contributed by atoms with Crippen molar-refractivity contribution in [3.63, 3.8) is 0 Å². The summed E-state index contributed by atoms with van der Waals surface area (Å²) in [5.41, 5.74) is -0.512. The van der Waals surface area contributed by atoms with Crippen LogP contribution < -0.4 is 5.32 Å². The van der Waals surface area contributed by atoms with Gasteiger partial charge in [-0.25, -0.2) is 0 Å². The third-order valence-corrected chi connectivity index (χ3v) is 3.73. The van der Waals surface area contributed by atoms with Gasteiger partial charge < -0.3 is 15.3 Å². The summed E-state index contributed by atoms with van der Waals surface area (Å²) < 4.78 is 0. The minimum atomic E-state index is -0.512. The highest BCUT2D eigenvalue weighted by Crippen LogP contribution is 2.26. The molecule has 0 aromatic carbocycles. The summed E-state index contributed by atoms with van der Waals surface area (Å²) >= 11 is 0. The van der Waals surface area contributed by atoms with Crippen LogP contribution in [-0.2, 0) is 4.79 Å². The van der Waals surface area contributed by atoms with Crippen molar-refractivity contribution in [1.82, 2.24) is 10.2 Å². The number of amides is 1. The van der Waals surface area contributed by atoms with E-state index < -0.39 is 5.60 Å². The van der Waals surface area contributed by atoms with E-state index in [0.717, 1.165) is 38.6 Å². The quantitative estimate of drug-likeness (QED) is 0.560. The molecule has 0 atom stereocenters. The molecule has 4 heteroatoms. The number of aliphatic hydroxyl groups is 1. The van der Waals surface area contributed by atoms with Gasteiger partial charge in [-0.1, -0.05) is 25.7 Å². The molecular formula is C14H28N2O2. The van der Waals surface area contributed by atoms with Crippen LogP contribution in [0.1, 0.15) is 51.4 Å². The molecule has 1 aliphatic rings. The van der Waals surface area contributed by atoms with Crippen LogP contribution in [0.5, 0.6) is 0 Å². The van der Waals surface area contributed by atoms with Crippen molar-refractivity contribution in [2.75, 3.05) is 27.2 Å². The zero-order valence-electron chi connectivity index (χ0n) is 11.9. The second-order valence-corrected chi connectivity index (χ2v) is 5.71. The molecule has 0 aliphatic heterocycles. The fraction of sp³-hybridized carbons (Fsp3) is 0.929. The summed E-state index contributed by atoms with van der Waals surface area (Å²) in [6.07, 6.45) is 8.02. The second-order valence-electron chi connectivity index (χ2n) is 5.71. The van der Waals surface area contributed by atoms with Crippen molar-refractivity contribution in [2.45, 2.75) is 57.0 Å². The normalized spacial score (nSPS) is 19.3. The van der Waals surface area contributed by atoms with Gasteiger partial charge >= 0.3 is 0 Å².